The number of carbonyl (C=O) groups excluding carboxylic acids is 1. The minimum atomic E-state index is -0.590. The third-order valence-corrected chi connectivity index (χ3v) is 2.96. The number of benzene rings is 1. The van der Waals surface area contributed by atoms with E-state index in [0.29, 0.717) is 19.3 Å². The summed E-state index contributed by atoms with van der Waals surface area (Å²) in [5.74, 6) is 4.88. The number of carbonyl (C=O) groups is 1. The molecule has 9 heteroatoms. The molecule has 0 aromatic heterocycles. The standard InChI is InChI=1S/C11H13Cl2N3O4/c12-8-5-7(16(18)19)6-9(13)11(8)20-4-2-1-3-10(17)15-14/h5-6H,1-4,14H2,(H,15,17). The Balaban J connectivity index is 2.52. The van der Waals surface area contributed by atoms with E-state index < -0.39 is 4.92 Å². The average molecular weight is 322 g/mol. The van der Waals surface area contributed by atoms with E-state index in [1.807, 2.05) is 5.43 Å². The zero-order valence-corrected chi connectivity index (χ0v) is 11.9. The van der Waals surface area contributed by atoms with Crippen molar-refractivity contribution in [2.24, 2.45) is 5.84 Å². The molecule has 0 bridgehead atoms. The third-order valence-electron chi connectivity index (χ3n) is 2.40. The lowest BCUT2D eigenvalue weighted by Crippen LogP contribution is -2.29. The molecule has 110 valence electrons. The van der Waals surface area contributed by atoms with Gasteiger partial charge in [0.15, 0.2) is 5.75 Å². The SMILES string of the molecule is NNC(=O)CCCCOc1c(Cl)cc([N+](=O)[O-])cc1Cl. The number of nitrogens with two attached hydrogens (primary N) is 1. The smallest absolute Gasteiger partial charge is 0.272 e. The number of halogens is 2. The monoisotopic (exact) mass is 321 g/mol. The Kier molecular flexibility index (Phi) is 6.50. The zero-order chi connectivity index (χ0) is 15.1. The predicted molar refractivity (Wildman–Crippen MR) is 74.8 cm³/mol. The molecule has 0 spiro atoms. The molecule has 0 heterocycles. The summed E-state index contributed by atoms with van der Waals surface area (Å²) in [6, 6.07) is 2.34. The Morgan fingerprint density at radius 1 is 1.35 bits per heavy atom. The van der Waals surface area contributed by atoms with E-state index in [1.165, 1.54) is 12.1 Å². The first kappa shape index (κ1) is 16.5. The molecule has 0 aliphatic carbocycles. The van der Waals surface area contributed by atoms with Gasteiger partial charge in [0, 0.05) is 18.6 Å². The van der Waals surface area contributed by atoms with Crippen LogP contribution in [0.15, 0.2) is 12.1 Å². The lowest BCUT2D eigenvalue weighted by Gasteiger charge is -2.09. The number of hydrogen-bond donors (Lipinski definition) is 2. The summed E-state index contributed by atoms with van der Waals surface area (Å²) >= 11 is 11.7. The highest BCUT2D eigenvalue weighted by Gasteiger charge is 2.15. The van der Waals surface area contributed by atoms with Crippen LogP contribution in [0.3, 0.4) is 0 Å². The molecular formula is C11H13Cl2N3O4. The number of non-ortho nitro benzene ring substituents is 1. The van der Waals surface area contributed by atoms with Crippen LogP contribution >= 0.6 is 23.2 Å². The van der Waals surface area contributed by atoms with Gasteiger partial charge in [-0.2, -0.15) is 0 Å². The fourth-order valence-electron chi connectivity index (χ4n) is 1.42. The van der Waals surface area contributed by atoms with Crippen LogP contribution in [0.1, 0.15) is 19.3 Å². The number of nitro groups is 1. The molecule has 0 aliphatic rings. The largest absolute Gasteiger partial charge is 0.490 e. The Morgan fingerprint density at radius 2 is 1.95 bits per heavy atom. The van der Waals surface area contributed by atoms with Crippen LogP contribution in [-0.4, -0.2) is 17.4 Å². The Bertz CT molecular complexity index is 487. The highest BCUT2D eigenvalue weighted by atomic mass is 35.5. The van der Waals surface area contributed by atoms with Gasteiger partial charge in [0.05, 0.1) is 21.6 Å². The lowest BCUT2D eigenvalue weighted by molar-refractivity contribution is -0.384. The maximum Gasteiger partial charge on any atom is 0.272 e. The van der Waals surface area contributed by atoms with Gasteiger partial charge in [0.25, 0.3) is 5.69 Å². The molecule has 3 N–H and O–H groups in total. The van der Waals surface area contributed by atoms with Crippen molar-refractivity contribution < 1.29 is 14.5 Å². The summed E-state index contributed by atoms with van der Waals surface area (Å²) in [5.41, 5.74) is 1.82. The molecule has 1 amide bonds. The van der Waals surface area contributed by atoms with E-state index in [-0.39, 0.29) is 34.0 Å². The van der Waals surface area contributed by atoms with E-state index >= 15 is 0 Å². The number of ether oxygens (including phenoxy) is 1. The topological polar surface area (TPSA) is 107 Å². The highest BCUT2D eigenvalue weighted by molar-refractivity contribution is 6.37. The minimum Gasteiger partial charge on any atom is -0.490 e. The van der Waals surface area contributed by atoms with Crippen LogP contribution in [-0.2, 0) is 4.79 Å². The number of nitrogens with zero attached hydrogens (tertiary/aromatic N) is 1. The van der Waals surface area contributed by atoms with Gasteiger partial charge in [-0.1, -0.05) is 23.2 Å². The van der Waals surface area contributed by atoms with Crippen molar-refractivity contribution in [1.29, 1.82) is 0 Å². The maximum absolute atomic E-state index is 10.9. The van der Waals surface area contributed by atoms with E-state index in [4.69, 9.17) is 33.8 Å². The molecule has 0 saturated carbocycles. The minimum absolute atomic E-state index is 0.0731. The molecule has 0 atom stereocenters. The molecule has 0 aliphatic heterocycles. The van der Waals surface area contributed by atoms with Crippen molar-refractivity contribution >= 4 is 34.8 Å². The summed E-state index contributed by atoms with van der Waals surface area (Å²) < 4.78 is 5.37. The Hall–Kier alpha value is -1.57. The van der Waals surface area contributed by atoms with Crippen molar-refractivity contribution in [2.75, 3.05) is 6.61 Å². The highest BCUT2D eigenvalue weighted by Crippen LogP contribution is 2.36. The van der Waals surface area contributed by atoms with Crippen molar-refractivity contribution in [1.82, 2.24) is 5.43 Å². The van der Waals surface area contributed by atoms with Gasteiger partial charge in [0.2, 0.25) is 5.91 Å². The van der Waals surface area contributed by atoms with Gasteiger partial charge < -0.3 is 4.74 Å². The van der Waals surface area contributed by atoms with E-state index in [0.717, 1.165) is 0 Å². The van der Waals surface area contributed by atoms with Gasteiger partial charge >= 0.3 is 0 Å². The molecule has 7 nitrogen and oxygen atoms in total. The molecule has 20 heavy (non-hydrogen) atoms. The van der Waals surface area contributed by atoms with E-state index in [9.17, 15) is 14.9 Å². The molecule has 1 rings (SSSR count). The summed E-state index contributed by atoms with van der Waals surface area (Å²) in [7, 11) is 0. The van der Waals surface area contributed by atoms with Crippen LogP contribution in [0.5, 0.6) is 5.75 Å². The molecular weight excluding hydrogens is 309 g/mol. The zero-order valence-electron chi connectivity index (χ0n) is 10.4. The van der Waals surface area contributed by atoms with Crippen LogP contribution in [0.2, 0.25) is 10.0 Å². The summed E-state index contributed by atoms with van der Waals surface area (Å²) in [6.07, 6.45) is 1.48. The second-order valence-electron chi connectivity index (χ2n) is 3.87. The van der Waals surface area contributed by atoms with Crippen LogP contribution < -0.4 is 16.0 Å². The van der Waals surface area contributed by atoms with Crippen molar-refractivity contribution in [3.05, 3.63) is 32.3 Å². The van der Waals surface area contributed by atoms with Crippen LogP contribution in [0.4, 0.5) is 5.69 Å². The molecule has 0 unspecified atom stereocenters. The van der Waals surface area contributed by atoms with Gasteiger partial charge in [-0.25, -0.2) is 5.84 Å². The van der Waals surface area contributed by atoms with Gasteiger partial charge in [0.1, 0.15) is 0 Å². The number of rotatable bonds is 7. The summed E-state index contributed by atoms with van der Waals surface area (Å²) in [4.78, 5) is 20.9. The molecule has 1 aromatic rings. The van der Waals surface area contributed by atoms with Crippen molar-refractivity contribution in [3.63, 3.8) is 0 Å². The van der Waals surface area contributed by atoms with E-state index in [2.05, 4.69) is 0 Å². The molecule has 0 fully saturated rings. The quantitative estimate of drug-likeness (QED) is 0.263. The number of hydrazine groups is 1. The number of nitrogens with one attached hydrogen (secondary N) is 1. The first-order valence-electron chi connectivity index (χ1n) is 5.71. The molecule has 1 aromatic carbocycles. The summed E-state index contributed by atoms with van der Waals surface area (Å²) in [5, 5.41) is 10.8. The first-order chi connectivity index (χ1) is 9.45. The van der Waals surface area contributed by atoms with Gasteiger partial charge in [-0.05, 0) is 12.8 Å². The lowest BCUT2D eigenvalue weighted by atomic mass is 10.2. The van der Waals surface area contributed by atoms with E-state index in [1.54, 1.807) is 0 Å². The molecule has 0 saturated heterocycles. The number of hydrogen-bond acceptors (Lipinski definition) is 5. The van der Waals surface area contributed by atoms with Crippen LogP contribution in [0.25, 0.3) is 0 Å². The number of nitro benzene ring substituents is 1. The van der Waals surface area contributed by atoms with Crippen molar-refractivity contribution in [3.8, 4) is 5.75 Å². The van der Waals surface area contributed by atoms with Gasteiger partial charge in [-0.15, -0.1) is 0 Å². The van der Waals surface area contributed by atoms with Gasteiger partial charge in [-0.3, -0.25) is 20.3 Å². The second-order valence-corrected chi connectivity index (χ2v) is 4.68. The second kappa shape index (κ2) is 7.88. The normalized spacial score (nSPS) is 10.2. The van der Waals surface area contributed by atoms with Crippen molar-refractivity contribution in [2.45, 2.75) is 19.3 Å². The average Bonchev–Trinajstić information content (AvgIpc) is 2.40. The fraction of sp³-hybridized carbons (Fsp3) is 0.364. The Morgan fingerprint density at radius 3 is 2.45 bits per heavy atom. The number of unbranched alkanes of at least 4 members (excludes halogenated alkanes) is 1. The fourth-order valence-corrected chi connectivity index (χ4v) is 2.01. The Labute approximate surface area is 125 Å². The summed E-state index contributed by atoms with van der Waals surface area (Å²) in [6.45, 7) is 0.287. The molecule has 0 radical (unpaired) electrons. The predicted octanol–water partition coefficient (Wildman–Crippen LogP) is 2.44. The van der Waals surface area contributed by atoms with Crippen LogP contribution in [0, 0.1) is 10.1 Å². The maximum atomic E-state index is 10.9. The first-order valence-corrected chi connectivity index (χ1v) is 6.47. The number of amides is 1. The third kappa shape index (κ3) is 4.84.